The van der Waals surface area contributed by atoms with E-state index in [0.29, 0.717) is 15.1 Å². The number of fused-ring (bicyclic) bond motifs is 1. The largest absolute Gasteiger partial charge is 0.290 e. The van der Waals surface area contributed by atoms with Crippen LogP contribution in [0.1, 0.15) is 24.6 Å². The molecule has 0 N–H and O–H groups in total. The SMILES string of the molecule is O=C1C2CCCN2C(c2ccc(Cl)cc2)N1c1ccc(Cl)c(Cl)c1. The van der Waals surface area contributed by atoms with Crippen molar-refractivity contribution >= 4 is 46.4 Å². The van der Waals surface area contributed by atoms with Crippen LogP contribution in [0.25, 0.3) is 0 Å². The Kier molecular flexibility index (Phi) is 4.21. The first-order valence-corrected chi connectivity index (χ1v) is 8.99. The molecule has 2 unspecified atom stereocenters. The minimum atomic E-state index is -0.139. The smallest absolute Gasteiger partial charge is 0.246 e. The van der Waals surface area contributed by atoms with Crippen molar-refractivity contribution in [2.75, 3.05) is 11.4 Å². The molecular weight excluding hydrogens is 367 g/mol. The maximum Gasteiger partial charge on any atom is 0.246 e. The van der Waals surface area contributed by atoms with Gasteiger partial charge in [0.05, 0.1) is 16.1 Å². The Morgan fingerprint density at radius 1 is 0.958 bits per heavy atom. The van der Waals surface area contributed by atoms with Crippen LogP contribution in [0, 0.1) is 0 Å². The zero-order chi connectivity index (χ0) is 16.8. The lowest BCUT2D eigenvalue weighted by Crippen LogP contribution is -2.32. The molecule has 2 saturated heterocycles. The minimum absolute atomic E-state index is 0.0693. The van der Waals surface area contributed by atoms with E-state index in [1.54, 1.807) is 12.1 Å². The molecule has 0 aliphatic carbocycles. The van der Waals surface area contributed by atoms with E-state index in [4.69, 9.17) is 34.8 Å². The van der Waals surface area contributed by atoms with Crippen LogP contribution in [-0.4, -0.2) is 23.4 Å². The van der Waals surface area contributed by atoms with Gasteiger partial charge in [0.15, 0.2) is 0 Å². The predicted molar refractivity (Wildman–Crippen MR) is 97.9 cm³/mol. The maximum absolute atomic E-state index is 13.0. The van der Waals surface area contributed by atoms with Crippen molar-refractivity contribution < 1.29 is 4.79 Å². The molecule has 0 spiro atoms. The standard InChI is InChI=1S/C18H15Cl3N2O/c19-12-5-3-11(4-6-12)17-22-9-1-2-16(22)18(24)23(17)13-7-8-14(20)15(21)10-13/h3-8,10,16-17H,1-2,9H2. The number of hydrogen-bond donors (Lipinski definition) is 0. The van der Waals surface area contributed by atoms with Gasteiger partial charge in [-0.1, -0.05) is 46.9 Å². The second kappa shape index (κ2) is 6.23. The second-order valence-corrected chi connectivity index (χ2v) is 7.38. The number of carbonyl (C=O) groups is 1. The molecule has 1 amide bonds. The van der Waals surface area contributed by atoms with Gasteiger partial charge in [-0.15, -0.1) is 0 Å². The van der Waals surface area contributed by atoms with E-state index in [9.17, 15) is 4.79 Å². The third-order valence-electron chi connectivity index (χ3n) is 4.72. The lowest BCUT2D eigenvalue weighted by Gasteiger charge is -2.30. The van der Waals surface area contributed by atoms with Crippen LogP contribution in [0.4, 0.5) is 5.69 Å². The molecule has 0 bridgehead atoms. The second-order valence-electron chi connectivity index (χ2n) is 6.13. The first-order chi connectivity index (χ1) is 11.6. The zero-order valence-corrected chi connectivity index (χ0v) is 15.0. The summed E-state index contributed by atoms with van der Waals surface area (Å²) in [6.45, 7) is 0.904. The highest BCUT2D eigenvalue weighted by Gasteiger charge is 2.49. The topological polar surface area (TPSA) is 23.6 Å². The number of carbonyl (C=O) groups excluding carboxylic acids is 1. The maximum atomic E-state index is 13.0. The third-order valence-corrected chi connectivity index (χ3v) is 5.72. The van der Waals surface area contributed by atoms with Gasteiger partial charge in [-0.25, -0.2) is 0 Å². The molecule has 3 nitrogen and oxygen atoms in total. The summed E-state index contributed by atoms with van der Waals surface area (Å²) in [5, 5.41) is 1.61. The van der Waals surface area contributed by atoms with Crippen LogP contribution in [0.3, 0.4) is 0 Å². The van der Waals surface area contributed by atoms with Crippen molar-refractivity contribution in [3.63, 3.8) is 0 Å². The van der Waals surface area contributed by atoms with E-state index >= 15 is 0 Å². The van der Waals surface area contributed by atoms with E-state index in [1.807, 2.05) is 35.2 Å². The molecule has 2 heterocycles. The number of anilines is 1. The van der Waals surface area contributed by atoms with Gasteiger partial charge in [0.25, 0.3) is 0 Å². The molecule has 2 fully saturated rings. The molecule has 2 atom stereocenters. The molecule has 124 valence electrons. The van der Waals surface area contributed by atoms with E-state index in [0.717, 1.165) is 30.6 Å². The fourth-order valence-electron chi connectivity index (χ4n) is 3.66. The van der Waals surface area contributed by atoms with Gasteiger partial charge in [0.1, 0.15) is 6.17 Å². The number of nitrogens with zero attached hydrogens (tertiary/aromatic N) is 2. The fraction of sp³-hybridized carbons (Fsp3) is 0.278. The lowest BCUT2D eigenvalue weighted by atomic mass is 10.1. The zero-order valence-electron chi connectivity index (χ0n) is 12.8. The summed E-state index contributed by atoms with van der Waals surface area (Å²) in [5.74, 6) is 0.117. The monoisotopic (exact) mass is 380 g/mol. The van der Waals surface area contributed by atoms with Gasteiger partial charge >= 0.3 is 0 Å². The van der Waals surface area contributed by atoms with Crippen molar-refractivity contribution in [1.29, 1.82) is 0 Å². The Balaban J connectivity index is 1.81. The molecular formula is C18H15Cl3N2O. The first kappa shape index (κ1) is 16.2. The number of rotatable bonds is 2. The normalized spacial score (nSPS) is 23.8. The van der Waals surface area contributed by atoms with Crippen LogP contribution in [-0.2, 0) is 4.79 Å². The van der Waals surface area contributed by atoms with Gasteiger partial charge in [-0.2, -0.15) is 0 Å². The lowest BCUT2D eigenvalue weighted by molar-refractivity contribution is -0.119. The number of hydrogen-bond acceptors (Lipinski definition) is 2. The van der Waals surface area contributed by atoms with Gasteiger partial charge in [-0.05, 0) is 48.7 Å². The molecule has 4 rings (SSSR count). The molecule has 2 aromatic carbocycles. The molecule has 24 heavy (non-hydrogen) atoms. The van der Waals surface area contributed by atoms with Crippen LogP contribution in [0.5, 0.6) is 0 Å². The van der Waals surface area contributed by atoms with Crippen LogP contribution in [0.15, 0.2) is 42.5 Å². The third kappa shape index (κ3) is 2.60. The first-order valence-electron chi connectivity index (χ1n) is 7.85. The summed E-state index contributed by atoms with van der Waals surface area (Å²) < 4.78 is 0. The Bertz CT molecular complexity index is 793. The Labute approximate surface area is 155 Å². The van der Waals surface area contributed by atoms with Crippen LogP contribution in [0.2, 0.25) is 15.1 Å². The Morgan fingerprint density at radius 3 is 2.42 bits per heavy atom. The van der Waals surface area contributed by atoms with Crippen LogP contribution < -0.4 is 4.90 Å². The molecule has 2 aliphatic heterocycles. The summed E-state index contributed by atoms with van der Waals surface area (Å²) in [5.41, 5.74) is 1.81. The van der Waals surface area contributed by atoms with Crippen molar-refractivity contribution in [3.05, 3.63) is 63.1 Å². The summed E-state index contributed by atoms with van der Waals surface area (Å²) in [6, 6.07) is 12.9. The van der Waals surface area contributed by atoms with Crippen LogP contribution >= 0.6 is 34.8 Å². The quantitative estimate of drug-likeness (QED) is 0.717. The van der Waals surface area contributed by atoms with Crippen molar-refractivity contribution in [1.82, 2.24) is 4.90 Å². The van der Waals surface area contributed by atoms with E-state index in [2.05, 4.69) is 4.90 Å². The molecule has 2 aliphatic rings. The highest BCUT2D eigenvalue weighted by atomic mass is 35.5. The van der Waals surface area contributed by atoms with Crippen molar-refractivity contribution in [3.8, 4) is 0 Å². The average molecular weight is 382 g/mol. The van der Waals surface area contributed by atoms with E-state index < -0.39 is 0 Å². The summed E-state index contributed by atoms with van der Waals surface area (Å²) in [7, 11) is 0. The minimum Gasteiger partial charge on any atom is -0.290 e. The van der Waals surface area contributed by atoms with Gasteiger partial charge in [0, 0.05) is 17.3 Å². The van der Waals surface area contributed by atoms with Crippen molar-refractivity contribution in [2.45, 2.75) is 25.0 Å². The fourth-order valence-corrected chi connectivity index (χ4v) is 4.07. The number of benzene rings is 2. The van der Waals surface area contributed by atoms with Crippen molar-refractivity contribution in [2.24, 2.45) is 0 Å². The van der Waals surface area contributed by atoms with Gasteiger partial charge in [0.2, 0.25) is 5.91 Å². The highest BCUT2D eigenvalue weighted by Crippen LogP contribution is 2.43. The average Bonchev–Trinajstić information content (AvgIpc) is 3.14. The number of halogens is 3. The van der Waals surface area contributed by atoms with E-state index in [1.165, 1.54) is 0 Å². The summed E-state index contributed by atoms with van der Waals surface area (Å²) in [6.07, 6.45) is 1.79. The number of amides is 1. The predicted octanol–water partition coefficient (Wildman–Crippen LogP) is 5.16. The highest BCUT2D eigenvalue weighted by molar-refractivity contribution is 6.42. The molecule has 0 saturated carbocycles. The van der Waals surface area contributed by atoms with Gasteiger partial charge < -0.3 is 0 Å². The molecule has 6 heteroatoms. The summed E-state index contributed by atoms with van der Waals surface area (Å²) >= 11 is 18.2. The molecule has 0 aromatic heterocycles. The molecule has 2 aromatic rings. The Hall–Kier alpha value is -1.26. The molecule has 0 radical (unpaired) electrons. The van der Waals surface area contributed by atoms with Gasteiger partial charge in [-0.3, -0.25) is 14.6 Å². The Morgan fingerprint density at radius 2 is 1.71 bits per heavy atom. The van der Waals surface area contributed by atoms with E-state index in [-0.39, 0.29) is 18.1 Å². The summed E-state index contributed by atoms with van der Waals surface area (Å²) in [4.78, 5) is 17.1.